The first-order valence-electron chi connectivity index (χ1n) is 17.4. The molecule has 0 aliphatic rings. The summed E-state index contributed by atoms with van der Waals surface area (Å²) in [6.07, 6.45) is 36.5. The molecule has 0 saturated carbocycles. The zero-order valence-electron chi connectivity index (χ0n) is 27.1. The van der Waals surface area contributed by atoms with Crippen molar-refractivity contribution >= 4 is 11.9 Å². The number of allylic oxidation sites excluding steroid dienone is 4. The molecule has 5 heteroatoms. The molecule has 5 nitrogen and oxygen atoms in total. The van der Waals surface area contributed by atoms with Crippen molar-refractivity contribution < 1.29 is 24.2 Å². The molecule has 240 valence electrons. The maximum Gasteiger partial charge on any atom is 0.306 e. The molecule has 0 bridgehead atoms. The molecule has 0 radical (unpaired) electrons. The monoisotopic (exact) mass is 578 g/mol. The normalized spacial score (nSPS) is 12.4. The zero-order valence-corrected chi connectivity index (χ0v) is 27.1. The van der Waals surface area contributed by atoms with Crippen LogP contribution in [0.4, 0.5) is 0 Å². The molecule has 0 aromatic heterocycles. The van der Waals surface area contributed by atoms with Gasteiger partial charge < -0.3 is 14.6 Å². The van der Waals surface area contributed by atoms with E-state index in [9.17, 15) is 14.7 Å². The summed E-state index contributed by atoms with van der Waals surface area (Å²) in [5.41, 5.74) is 0. The third kappa shape index (κ3) is 31.2. The van der Waals surface area contributed by atoms with E-state index >= 15 is 0 Å². The lowest BCUT2D eigenvalue weighted by atomic mass is 10.1. The summed E-state index contributed by atoms with van der Waals surface area (Å²) in [6, 6.07) is 0. The Hall–Kier alpha value is -1.62. The van der Waals surface area contributed by atoms with Gasteiger partial charge in [0.1, 0.15) is 6.61 Å². The molecule has 0 heterocycles. The average molecular weight is 579 g/mol. The molecule has 0 fully saturated rings. The maximum atomic E-state index is 12.1. The van der Waals surface area contributed by atoms with Gasteiger partial charge in [-0.25, -0.2) is 0 Å². The molecule has 41 heavy (non-hydrogen) atoms. The van der Waals surface area contributed by atoms with Crippen LogP contribution < -0.4 is 0 Å². The van der Waals surface area contributed by atoms with Gasteiger partial charge in [0.15, 0.2) is 6.10 Å². The summed E-state index contributed by atoms with van der Waals surface area (Å²) in [4.78, 5) is 24.1. The van der Waals surface area contributed by atoms with Gasteiger partial charge >= 0.3 is 11.9 Å². The van der Waals surface area contributed by atoms with Crippen molar-refractivity contribution in [2.45, 2.75) is 180 Å². The van der Waals surface area contributed by atoms with Gasteiger partial charge in [-0.1, -0.05) is 122 Å². The SMILES string of the molecule is CCCCC/C=C/CCCCCCCC(=O)O[C@@H](CO)COC(=O)CCCCCCCCC/C=C/CCCCCC. The van der Waals surface area contributed by atoms with Crippen molar-refractivity contribution in [2.24, 2.45) is 0 Å². The van der Waals surface area contributed by atoms with E-state index in [-0.39, 0.29) is 25.2 Å². The number of ether oxygens (including phenoxy) is 2. The van der Waals surface area contributed by atoms with E-state index in [1.165, 1.54) is 103 Å². The van der Waals surface area contributed by atoms with Gasteiger partial charge in [-0.3, -0.25) is 9.59 Å². The highest BCUT2D eigenvalue weighted by Gasteiger charge is 2.16. The number of rotatable bonds is 31. The Morgan fingerprint density at radius 3 is 1.37 bits per heavy atom. The topological polar surface area (TPSA) is 72.8 Å². The van der Waals surface area contributed by atoms with Crippen LogP contribution >= 0.6 is 0 Å². The van der Waals surface area contributed by atoms with Crippen LogP contribution in [0.15, 0.2) is 24.3 Å². The largest absolute Gasteiger partial charge is 0.462 e. The van der Waals surface area contributed by atoms with Crippen molar-refractivity contribution in [2.75, 3.05) is 13.2 Å². The van der Waals surface area contributed by atoms with Gasteiger partial charge in [-0.2, -0.15) is 0 Å². The number of hydrogen-bond acceptors (Lipinski definition) is 5. The van der Waals surface area contributed by atoms with E-state index in [0.29, 0.717) is 12.8 Å². The van der Waals surface area contributed by atoms with E-state index in [4.69, 9.17) is 9.47 Å². The minimum absolute atomic E-state index is 0.0692. The van der Waals surface area contributed by atoms with Crippen molar-refractivity contribution in [1.29, 1.82) is 0 Å². The second-order valence-corrected chi connectivity index (χ2v) is 11.6. The summed E-state index contributed by atoms with van der Waals surface area (Å²) in [6.45, 7) is 4.08. The summed E-state index contributed by atoms with van der Waals surface area (Å²) in [5.74, 6) is -0.606. The van der Waals surface area contributed by atoms with Gasteiger partial charge in [0.25, 0.3) is 0 Å². The van der Waals surface area contributed by atoms with E-state index in [1.54, 1.807) is 0 Å². The lowest BCUT2D eigenvalue weighted by molar-refractivity contribution is -0.161. The number of hydrogen-bond donors (Lipinski definition) is 1. The van der Waals surface area contributed by atoms with Crippen LogP contribution in [0.3, 0.4) is 0 Å². The van der Waals surface area contributed by atoms with E-state index in [1.807, 2.05) is 0 Å². The van der Waals surface area contributed by atoms with Crippen LogP contribution in [0.25, 0.3) is 0 Å². The first-order chi connectivity index (χ1) is 20.1. The highest BCUT2D eigenvalue weighted by atomic mass is 16.6. The molecule has 0 unspecified atom stereocenters. The molecule has 0 spiro atoms. The molecule has 0 saturated heterocycles. The van der Waals surface area contributed by atoms with Crippen LogP contribution in [-0.4, -0.2) is 36.4 Å². The third-order valence-corrected chi connectivity index (χ3v) is 7.47. The predicted molar refractivity (Wildman–Crippen MR) is 173 cm³/mol. The molecule has 1 atom stereocenters. The fourth-order valence-electron chi connectivity index (χ4n) is 4.78. The molecule has 1 N–H and O–H groups in total. The van der Waals surface area contributed by atoms with Crippen molar-refractivity contribution in [3.8, 4) is 0 Å². The fourth-order valence-corrected chi connectivity index (χ4v) is 4.78. The molecule has 0 aromatic rings. The Bertz CT molecular complexity index is 627. The number of esters is 2. The fraction of sp³-hybridized carbons (Fsp3) is 0.833. The van der Waals surface area contributed by atoms with Crippen molar-refractivity contribution in [1.82, 2.24) is 0 Å². The highest BCUT2D eigenvalue weighted by Crippen LogP contribution is 2.12. The second-order valence-electron chi connectivity index (χ2n) is 11.6. The lowest BCUT2D eigenvalue weighted by Crippen LogP contribution is -2.28. The van der Waals surface area contributed by atoms with Crippen molar-refractivity contribution in [3.63, 3.8) is 0 Å². The summed E-state index contributed by atoms with van der Waals surface area (Å²) < 4.78 is 10.5. The molecule has 0 rings (SSSR count). The summed E-state index contributed by atoms with van der Waals surface area (Å²) in [5, 5.41) is 9.50. The maximum absolute atomic E-state index is 12.1. The number of aliphatic hydroxyl groups is 1. The smallest absolute Gasteiger partial charge is 0.306 e. The molecule has 0 aromatic carbocycles. The van der Waals surface area contributed by atoms with Crippen LogP contribution in [0.2, 0.25) is 0 Å². The highest BCUT2D eigenvalue weighted by molar-refractivity contribution is 5.70. The predicted octanol–water partition coefficient (Wildman–Crippen LogP) is 10.3. The van der Waals surface area contributed by atoms with E-state index in [2.05, 4.69) is 38.2 Å². The first kappa shape index (κ1) is 39.4. The Morgan fingerprint density at radius 1 is 0.537 bits per heavy atom. The van der Waals surface area contributed by atoms with Crippen LogP contribution in [0, 0.1) is 0 Å². The number of carbonyl (C=O) groups is 2. The number of carbonyl (C=O) groups excluding carboxylic acids is 2. The van der Waals surface area contributed by atoms with Gasteiger partial charge in [0.05, 0.1) is 6.61 Å². The molecule has 0 aliphatic heterocycles. The standard InChI is InChI=1S/C36H66O5/c1-3-5-7-9-11-13-15-17-18-19-21-22-24-26-28-30-35(38)40-33-34(32-37)41-36(39)31-29-27-25-23-20-16-14-12-10-8-6-4-2/h12-15,34,37H,3-11,16-33H2,1-2H3/b14-12+,15-13+/t34-/m0/s1. The first-order valence-corrected chi connectivity index (χ1v) is 17.4. The van der Waals surface area contributed by atoms with Crippen LogP contribution in [-0.2, 0) is 19.1 Å². The van der Waals surface area contributed by atoms with E-state index in [0.717, 1.165) is 44.9 Å². The third-order valence-electron chi connectivity index (χ3n) is 7.47. The van der Waals surface area contributed by atoms with Crippen molar-refractivity contribution in [3.05, 3.63) is 24.3 Å². The minimum atomic E-state index is -0.772. The zero-order chi connectivity index (χ0) is 30.1. The van der Waals surface area contributed by atoms with Gasteiger partial charge in [-0.05, 0) is 64.2 Å². The van der Waals surface area contributed by atoms with Crippen LogP contribution in [0.1, 0.15) is 174 Å². The Balaban J connectivity index is 3.58. The van der Waals surface area contributed by atoms with E-state index < -0.39 is 6.10 Å². The molecular formula is C36H66O5. The van der Waals surface area contributed by atoms with Gasteiger partial charge in [0, 0.05) is 12.8 Å². The lowest BCUT2D eigenvalue weighted by Gasteiger charge is -2.15. The Morgan fingerprint density at radius 2 is 0.902 bits per heavy atom. The average Bonchev–Trinajstić information content (AvgIpc) is 2.97. The number of unbranched alkanes of at least 4 members (excludes halogenated alkanes) is 19. The van der Waals surface area contributed by atoms with Crippen LogP contribution in [0.5, 0.6) is 0 Å². The summed E-state index contributed by atoms with van der Waals surface area (Å²) >= 11 is 0. The molecule has 0 amide bonds. The summed E-state index contributed by atoms with van der Waals surface area (Å²) in [7, 11) is 0. The Labute approximate surface area is 253 Å². The minimum Gasteiger partial charge on any atom is -0.462 e. The molecular weight excluding hydrogens is 512 g/mol. The van der Waals surface area contributed by atoms with Gasteiger partial charge in [0.2, 0.25) is 0 Å². The quantitative estimate of drug-likeness (QED) is 0.0503. The van der Waals surface area contributed by atoms with Gasteiger partial charge in [-0.15, -0.1) is 0 Å². The molecule has 0 aliphatic carbocycles. The Kier molecular flexibility index (Phi) is 31.6. The second kappa shape index (κ2) is 32.9. The number of aliphatic hydroxyl groups excluding tert-OH is 1.